The highest BCUT2D eigenvalue weighted by atomic mass is 19.1. The van der Waals surface area contributed by atoms with Gasteiger partial charge in [-0.2, -0.15) is 0 Å². The Kier molecular flexibility index (Phi) is 3.44. The summed E-state index contributed by atoms with van der Waals surface area (Å²) in [6.45, 7) is 0. The van der Waals surface area contributed by atoms with Crippen molar-refractivity contribution in [2.45, 2.75) is 6.42 Å². The summed E-state index contributed by atoms with van der Waals surface area (Å²) < 4.78 is 27.1. The fourth-order valence-electron chi connectivity index (χ4n) is 2.17. The topological polar surface area (TPSA) is 30.0 Å². The van der Waals surface area contributed by atoms with Crippen LogP contribution in [0.3, 0.4) is 0 Å². The van der Waals surface area contributed by atoms with E-state index in [1.165, 1.54) is 6.07 Å². The molecule has 1 heterocycles. The van der Waals surface area contributed by atoms with E-state index >= 15 is 0 Å². The van der Waals surface area contributed by atoms with Gasteiger partial charge < -0.3 is 0 Å². The zero-order valence-electron chi connectivity index (χ0n) is 11.0. The van der Waals surface area contributed by atoms with Crippen molar-refractivity contribution >= 4 is 16.7 Å². The van der Waals surface area contributed by atoms with E-state index in [4.69, 9.17) is 0 Å². The van der Waals surface area contributed by atoms with Crippen LogP contribution in [0.4, 0.5) is 8.78 Å². The molecule has 0 saturated heterocycles. The normalized spacial score (nSPS) is 10.8. The minimum absolute atomic E-state index is 0.205. The Morgan fingerprint density at radius 2 is 1.62 bits per heavy atom. The second-order valence-electron chi connectivity index (χ2n) is 4.69. The Balaban J connectivity index is 1.94. The van der Waals surface area contributed by atoms with Crippen LogP contribution in [-0.2, 0) is 6.42 Å². The number of fused-ring (bicyclic) bond motifs is 1. The maximum atomic E-state index is 13.6. The molecule has 104 valence electrons. The molecule has 4 heteroatoms. The molecule has 3 aromatic rings. The molecule has 0 aliphatic heterocycles. The van der Waals surface area contributed by atoms with E-state index in [-0.39, 0.29) is 17.7 Å². The van der Waals surface area contributed by atoms with Crippen LogP contribution in [0.2, 0.25) is 0 Å². The van der Waals surface area contributed by atoms with Crippen molar-refractivity contribution in [3.63, 3.8) is 0 Å². The monoisotopic (exact) mass is 283 g/mol. The number of hydrogen-bond donors (Lipinski definition) is 0. The van der Waals surface area contributed by atoms with Gasteiger partial charge in [0.2, 0.25) is 0 Å². The third kappa shape index (κ3) is 2.65. The molecule has 21 heavy (non-hydrogen) atoms. The van der Waals surface area contributed by atoms with E-state index in [1.807, 2.05) is 18.2 Å². The number of benzene rings is 2. The minimum atomic E-state index is -0.718. The number of aromatic nitrogens is 1. The van der Waals surface area contributed by atoms with Crippen LogP contribution in [0, 0.1) is 11.6 Å². The highest BCUT2D eigenvalue weighted by molar-refractivity contribution is 5.97. The predicted octanol–water partition coefficient (Wildman–Crippen LogP) is 3.94. The molecule has 0 aliphatic carbocycles. The maximum Gasteiger partial charge on any atom is 0.185 e. The number of pyridine rings is 1. The third-order valence-electron chi connectivity index (χ3n) is 3.28. The SMILES string of the molecule is O=C(Cc1c(F)cccc1F)c1ccc2ccccc2n1. The largest absolute Gasteiger partial charge is 0.292 e. The number of nitrogens with zero attached hydrogens (tertiary/aromatic N) is 1. The van der Waals surface area contributed by atoms with Gasteiger partial charge in [-0.15, -0.1) is 0 Å². The molecular formula is C17H11F2NO. The molecule has 0 atom stereocenters. The molecule has 0 aliphatic rings. The summed E-state index contributed by atoms with van der Waals surface area (Å²) in [4.78, 5) is 16.4. The molecular weight excluding hydrogens is 272 g/mol. The first kappa shape index (κ1) is 13.4. The molecule has 0 N–H and O–H groups in total. The molecule has 2 aromatic carbocycles. The van der Waals surface area contributed by atoms with E-state index in [0.717, 1.165) is 17.5 Å². The Morgan fingerprint density at radius 3 is 2.38 bits per heavy atom. The molecule has 0 unspecified atom stereocenters. The highest BCUT2D eigenvalue weighted by Crippen LogP contribution is 2.17. The second kappa shape index (κ2) is 5.40. The number of ketones is 1. The molecule has 0 spiro atoms. The molecule has 0 amide bonds. The maximum absolute atomic E-state index is 13.6. The third-order valence-corrected chi connectivity index (χ3v) is 3.28. The van der Waals surface area contributed by atoms with Gasteiger partial charge in [-0.05, 0) is 24.3 Å². The summed E-state index contributed by atoms with van der Waals surface area (Å²) in [7, 11) is 0. The zero-order valence-corrected chi connectivity index (χ0v) is 11.0. The Labute approximate surface area is 120 Å². The van der Waals surface area contributed by atoms with Crippen molar-refractivity contribution < 1.29 is 13.6 Å². The molecule has 0 fully saturated rings. The Morgan fingerprint density at radius 1 is 0.905 bits per heavy atom. The smallest absolute Gasteiger partial charge is 0.185 e. The van der Waals surface area contributed by atoms with Crippen LogP contribution in [0.25, 0.3) is 10.9 Å². The van der Waals surface area contributed by atoms with E-state index in [0.29, 0.717) is 5.52 Å². The quantitative estimate of drug-likeness (QED) is 0.681. The van der Waals surface area contributed by atoms with Gasteiger partial charge in [-0.1, -0.05) is 30.3 Å². The summed E-state index contributed by atoms with van der Waals surface area (Å²) in [5.41, 5.74) is 0.658. The lowest BCUT2D eigenvalue weighted by atomic mass is 10.0. The van der Waals surface area contributed by atoms with Crippen molar-refractivity contribution in [1.29, 1.82) is 0 Å². The van der Waals surface area contributed by atoms with E-state index in [1.54, 1.807) is 18.2 Å². The van der Waals surface area contributed by atoms with Crippen molar-refractivity contribution in [2.75, 3.05) is 0 Å². The summed E-state index contributed by atoms with van der Waals surface area (Å²) in [6, 6.07) is 14.3. The van der Waals surface area contributed by atoms with Gasteiger partial charge in [-0.25, -0.2) is 13.8 Å². The number of Topliss-reactive ketones (excluding diaryl/α,β-unsaturated/α-hetero) is 1. The predicted molar refractivity (Wildman–Crippen MR) is 76.1 cm³/mol. The first-order valence-electron chi connectivity index (χ1n) is 6.47. The molecule has 2 nitrogen and oxygen atoms in total. The average Bonchev–Trinajstić information content (AvgIpc) is 2.50. The number of rotatable bonds is 3. The average molecular weight is 283 g/mol. The zero-order chi connectivity index (χ0) is 14.8. The second-order valence-corrected chi connectivity index (χ2v) is 4.69. The van der Waals surface area contributed by atoms with Crippen molar-refractivity contribution in [3.8, 4) is 0 Å². The summed E-state index contributed by atoms with van der Waals surface area (Å²) in [5.74, 6) is -1.85. The molecule has 3 rings (SSSR count). The summed E-state index contributed by atoms with van der Waals surface area (Å²) in [6.07, 6.45) is -0.343. The Bertz CT molecular complexity index is 810. The number of carbonyl (C=O) groups excluding carboxylic acids is 1. The van der Waals surface area contributed by atoms with Gasteiger partial charge in [0.25, 0.3) is 0 Å². The van der Waals surface area contributed by atoms with Crippen LogP contribution < -0.4 is 0 Å². The summed E-state index contributed by atoms with van der Waals surface area (Å²) in [5, 5.41) is 0.908. The van der Waals surface area contributed by atoms with Crippen LogP contribution in [-0.4, -0.2) is 10.8 Å². The molecule has 1 aromatic heterocycles. The van der Waals surface area contributed by atoms with Gasteiger partial charge >= 0.3 is 0 Å². The Hall–Kier alpha value is -2.62. The standard InChI is InChI=1S/C17H11F2NO/c18-13-5-3-6-14(19)12(13)10-17(21)16-9-8-11-4-1-2-7-15(11)20-16/h1-9H,10H2. The number of hydrogen-bond acceptors (Lipinski definition) is 2. The van der Waals surface area contributed by atoms with Crippen LogP contribution in [0.5, 0.6) is 0 Å². The van der Waals surface area contributed by atoms with Gasteiger partial charge in [0.15, 0.2) is 5.78 Å². The lowest BCUT2D eigenvalue weighted by Crippen LogP contribution is -2.09. The van der Waals surface area contributed by atoms with E-state index in [9.17, 15) is 13.6 Å². The summed E-state index contributed by atoms with van der Waals surface area (Å²) >= 11 is 0. The first-order chi connectivity index (χ1) is 10.1. The first-order valence-corrected chi connectivity index (χ1v) is 6.47. The van der Waals surface area contributed by atoms with Crippen LogP contribution >= 0.6 is 0 Å². The van der Waals surface area contributed by atoms with E-state index < -0.39 is 17.4 Å². The van der Waals surface area contributed by atoms with Crippen molar-refractivity contribution in [3.05, 3.63) is 77.5 Å². The fourth-order valence-corrected chi connectivity index (χ4v) is 2.17. The van der Waals surface area contributed by atoms with Crippen LogP contribution in [0.1, 0.15) is 16.1 Å². The lowest BCUT2D eigenvalue weighted by molar-refractivity contribution is 0.0986. The number of carbonyl (C=O) groups is 1. The van der Waals surface area contributed by atoms with Gasteiger partial charge in [0.1, 0.15) is 17.3 Å². The van der Waals surface area contributed by atoms with Gasteiger partial charge in [0.05, 0.1) is 5.52 Å². The van der Waals surface area contributed by atoms with Gasteiger partial charge in [-0.3, -0.25) is 4.79 Å². The van der Waals surface area contributed by atoms with Crippen LogP contribution in [0.15, 0.2) is 54.6 Å². The van der Waals surface area contributed by atoms with Crippen molar-refractivity contribution in [2.24, 2.45) is 0 Å². The molecule has 0 bridgehead atoms. The highest BCUT2D eigenvalue weighted by Gasteiger charge is 2.15. The number of halogens is 2. The van der Waals surface area contributed by atoms with Crippen molar-refractivity contribution in [1.82, 2.24) is 4.98 Å². The minimum Gasteiger partial charge on any atom is -0.292 e. The van der Waals surface area contributed by atoms with E-state index in [2.05, 4.69) is 4.98 Å². The number of para-hydroxylation sites is 1. The molecule has 0 saturated carbocycles. The van der Waals surface area contributed by atoms with Gasteiger partial charge in [0, 0.05) is 17.4 Å². The fraction of sp³-hybridized carbons (Fsp3) is 0.0588. The molecule has 0 radical (unpaired) electrons. The lowest BCUT2D eigenvalue weighted by Gasteiger charge is -2.05.